The maximum Gasteiger partial charge on any atom is 0.236 e. The van der Waals surface area contributed by atoms with E-state index in [1.54, 1.807) is 0 Å². The van der Waals surface area contributed by atoms with Crippen LogP contribution in [-0.4, -0.2) is 77.0 Å². The summed E-state index contributed by atoms with van der Waals surface area (Å²) >= 11 is 0. The standard InChI is InChI=1S/C27H33N5O3/c1-20-24(21(2)32(28-20)23-7-5-4-6-8-23)17-29(3)18-27(33)31-13-11-30(12-14-31)16-22-9-10-25-26(15-22)35-19-34-25/h4-10,15H,11-14,16-19H2,1-3H3. The number of hydrogen-bond donors (Lipinski definition) is 0. The Bertz CT molecular complexity index is 1190. The molecule has 1 saturated heterocycles. The molecule has 2 aliphatic rings. The summed E-state index contributed by atoms with van der Waals surface area (Å²) in [6.45, 7) is 9.61. The van der Waals surface area contributed by atoms with Crippen LogP contribution in [0.15, 0.2) is 48.5 Å². The zero-order valence-corrected chi connectivity index (χ0v) is 20.7. The lowest BCUT2D eigenvalue weighted by molar-refractivity contribution is -0.134. The quantitative estimate of drug-likeness (QED) is 0.524. The fourth-order valence-corrected chi connectivity index (χ4v) is 4.83. The van der Waals surface area contributed by atoms with Crippen molar-refractivity contribution in [3.63, 3.8) is 0 Å². The maximum absolute atomic E-state index is 13.0. The Morgan fingerprint density at radius 1 is 1.00 bits per heavy atom. The zero-order chi connectivity index (χ0) is 24.4. The maximum atomic E-state index is 13.0. The molecular weight excluding hydrogens is 442 g/mol. The molecule has 0 bridgehead atoms. The molecule has 5 rings (SSSR count). The summed E-state index contributed by atoms with van der Waals surface area (Å²) in [6, 6.07) is 16.3. The van der Waals surface area contributed by atoms with Crippen molar-refractivity contribution in [1.82, 2.24) is 24.5 Å². The van der Waals surface area contributed by atoms with Gasteiger partial charge in [-0.2, -0.15) is 5.10 Å². The summed E-state index contributed by atoms with van der Waals surface area (Å²) in [5, 5.41) is 4.74. The second kappa shape index (κ2) is 10.1. The zero-order valence-electron chi connectivity index (χ0n) is 20.7. The summed E-state index contributed by atoms with van der Waals surface area (Å²) in [7, 11) is 2.01. The molecule has 3 heterocycles. The Kier molecular flexibility index (Phi) is 6.74. The van der Waals surface area contributed by atoms with Crippen molar-refractivity contribution in [2.45, 2.75) is 26.9 Å². The van der Waals surface area contributed by atoms with Gasteiger partial charge in [0.25, 0.3) is 0 Å². The predicted molar refractivity (Wildman–Crippen MR) is 134 cm³/mol. The first-order valence-corrected chi connectivity index (χ1v) is 12.2. The van der Waals surface area contributed by atoms with Crippen LogP contribution in [0.2, 0.25) is 0 Å². The van der Waals surface area contributed by atoms with E-state index >= 15 is 0 Å². The Balaban J connectivity index is 1.12. The summed E-state index contributed by atoms with van der Waals surface area (Å²) in [5.74, 6) is 1.81. The van der Waals surface area contributed by atoms with Crippen LogP contribution in [0.3, 0.4) is 0 Å². The average molecular weight is 476 g/mol. The molecule has 0 spiro atoms. The Morgan fingerprint density at radius 3 is 2.51 bits per heavy atom. The lowest BCUT2D eigenvalue weighted by Crippen LogP contribution is -2.50. The van der Waals surface area contributed by atoms with Gasteiger partial charge in [-0.1, -0.05) is 24.3 Å². The number of carbonyl (C=O) groups is 1. The topological polar surface area (TPSA) is 63.1 Å². The lowest BCUT2D eigenvalue weighted by atomic mass is 10.1. The fourth-order valence-electron chi connectivity index (χ4n) is 4.83. The normalized spacial score (nSPS) is 15.7. The van der Waals surface area contributed by atoms with Crippen molar-refractivity contribution in [3.8, 4) is 17.2 Å². The molecule has 0 N–H and O–H groups in total. The van der Waals surface area contributed by atoms with Crippen molar-refractivity contribution in [2.24, 2.45) is 0 Å². The molecule has 1 amide bonds. The number of rotatable bonds is 7. The van der Waals surface area contributed by atoms with Crippen LogP contribution in [0.1, 0.15) is 22.5 Å². The molecule has 35 heavy (non-hydrogen) atoms. The molecule has 2 aromatic carbocycles. The number of likely N-dealkylation sites (N-methyl/N-ethyl adjacent to an activating group) is 1. The van der Waals surface area contributed by atoms with Gasteiger partial charge in [-0.3, -0.25) is 14.6 Å². The summed E-state index contributed by atoms with van der Waals surface area (Å²) in [4.78, 5) is 19.5. The largest absolute Gasteiger partial charge is 0.454 e. The Morgan fingerprint density at radius 2 is 1.74 bits per heavy atom. The summed E-state index contributed by atoms with van der Waals surface area (Å²) in [6.07, 6.45) is 0. The molecular formula is C27H33N5O3. The van der Waals surface area contributed by atoms with E-state index in [4.69, 9.17) is 14.6 Å². The minimum absolute atomic E-state index is 0.181. The first-order chi connectivity index (χ1) is 17.0. The third-order valence-electron chi connectivity index (χ3n) is 6.84. The molecule has 3 aromatic rings. The van der Waals surface area contributed by atoms with Gasteiger partial charge in [0.1, 0.15) is 0 Å². The van der Waals surface area contributed by atoms with Crippen LogP contribution in [0, 0.1) is 13.8 Å². The number of fused-ring (bicyclic) bond motifs is 1. The van der Waals surface area contributed by atoms with Gasteiger partial charge >= 0.3 is 0 Å². The van der Waals surface area contributed by atoms with Crippen LogP contribution < -0.4 is 9.47 Å². The highest BCUT2D eigenvalue weighted by atomic mass is 16.7. The molecule has 0 aliphatic carbocycles. The number of aromatic nitrogens is 2. The van der Waals surface area contributed by atoms with Crippen LogP contribution in [0.5, 0.6) is 11.5 Å². The van der Waals surface area contributed by atoms with E-state index < -0.39 is 0 Å². The van der Waals surface area contributed by atoms with Gasteiger partial charge in [-0.25, -0.2) is 4.68 Å². The minimum atomic E-state index is 0.181. The van der Waals surface area contributed by atoms with E-state index in [1.165, 1.54) is 11.1 Å². The SMILES string of the molecule is Cc1nn(-c2ccccc2)c(C)c1CN(C)CC(=O)N1CCN(Cc2ccc3c(c2)OCO3)CC1. The van der Waals surface area contributed by atoms with Crippen LogP contribution in [0.25, 0.3) is 5.69 Å². The van der Waals surface area contributed by atoms with Gasteiger partial charge in [-0.15, -0.1) is 0 Å². The number of ether oxygens (including phenoxy) is 2. The molecule has 1 fully saturated rings. The van der Waals surface area contributed by atoms with E-state index in [0.29, 0.717) is 19.9 Å². The second-order valence-electron chi connectivity index (χ2n) is 9.41. The minimum Gasteiger partial charge on any atom is -0.454 e. The van der Waals surface area contributed by atoms with E-state index in [2.05, 4.69) is 41.0 Å². The molecule has 1 aromatic heterocycles. The highest BCUT2D eigenvalue weighted by Crippen LogP contribution is 2.32. The first-order valence-electron chi connectivity index (χ1n) is 12.2. The van der Waals surface area contributed by atoms with Gasteiger partial charge in [-0.05, 0) is 50.7 Å². The van der Waals surface area contributed by atoms with Crippen molar-refractivity contribution >= 4 is 5.91 Å². The average Bonchev–Trinajstić information content (AvgIpc) is 3.44. The fraction of sp³-hybridized carbons (Fsp3) is 0.407. The van der Waals surface area contributed by atoms with Gasteiger partial charge in [0, 0.05) is 50.5 Å². The van der Waals surface area contributed by atoms with Crippen molar-refractivity contribution in [3.05, 3.63) is 71.0 Å². The lowest BCUT2D eigenvalue weighted by Gasteiger charge is -2.35. The van der Waals surface area contributed by atoms with Crippen molar-refractivity contribution < 1.29 is 14.3 Å². The third-order valence-corrected chi connectivity index (χ3v) is 6.84. The molecule has 8 nitrogen and oxygen atoms in total. The van der Waals surface area contributed by atoms with Crippen molar-refractivity contribution in [2.75, 3.05) is 46.6 Å². The van der Waals surface area contributed by atoms with Crippen LogP contribution in [0.4, 0.5) is 0 Å². The molecule has 0 saturated carbocycles. The number of nitrogens with zero attached hydrogens (tertiary/aromatic N) is 5. The van der Waals surface area contributed by atoms with Gasteiger partial charge in [0.05, 0.1) is 17.9 Å². The van der Waals surface area contributed by atoms with E-state index in [1.807, 2.05) is 47.8 Å². The molecule has 8 heteroatoms. The van der Waals surface area contributed by atoms with E-state index in [0.717, 1.165) is 61.3 Å². The Hall–Kier alpha value is -3.36. The molecule has 0 unspecified atom stereocenters. The third kappa shape index (κ3) is 5.18. The first kappa shape index (κ1) is 23.4. The van der Waals surface area contributed by atoms with Crippen LogP contribution in [-0.2, 0) is 17.9 Å². The van der Waals surface area contributed by atoms with Gasteiger partial charge < -0.3 is 14.4 Å². The van der Waals surface area contributed by atoms with E-state index in [-0.39, 0.29) is 5.91 Å². The highest BCUT2D eigenvalue weighted by Gasteiger charge is 2.23. The molecule has 0 radical (unpaired) electrons. The van der Waals surface area contributed by atoms with Gasteiger partial charge in [0.2, 0.25) is 12.7 Å². The summed E-state index contributed by atoms with van der Waals surface area (Å²) in [5.41, 5.74) is 5.55. The molecule has 0 atom stereocenters. The molecule has 2 aliphatic heterocycles. The monoisotopic (exact) mass is 475 g/mol. The smallest absolute Gasteiger partial charge is 0.236 e. The summed E-state index contributed by atoms with van der Waals surface area (Å²) < 4.78 is 12.9. The number of para-hydroxylation sites is 1. The highest BCUT2D eigenvalue weighted by molar-refractivity contribution is 5.78. The van der Waals surface area contributed by atoms with E-state index in [9.17, 15) is 4.79 Å². The van der Waals surface area contributed by atoms with Crippen LogP contribution >= 0.6 is 0 Å². The number of aryl methyl sites for hydroxylation is 1. The number of piperazine rings is 1. The number of amides is 1. The Labute approximate surface area is 206 Å². The number of carbonyl (C=O) groups excluding carboxylic acids is 1. The predicted octanol–water partition coefficient (Wildman–Crippen LogP) is 2.99. The second-order valence-corrected chi connectivity index (χ2v) is 9.41. The van der Waals surface area contributed by atoms with Gasteiger partial charge in [0.15, 0.2) is 11.5 Å². The molecule has 184 valence electrons. The van der Waals surface area contributed by atoms with Crippen molar-refractivity contribution in [1.29, 1.82) is 0 Å². The number of benzene rings is 2. The number of hydrogen-bond acceptors (Lipinski definition) is 6.